The summed E-state index contributed by atoms with van der Waals surface area (Å²) < 4.78 is 0. The molecule has 0 radical (unpaired) electrons. The molecule has 3 nitrogen and oxygen atoms in total. The molecule has 3 heteroatoms. The van der Waals surface area contributed by atoms with Crippen LogP contribution in [0.3, 0.4) is 0 Å². The third-order valence-corrected chi connectivity index (χ3v) is 1.23. The average molecular weight is 168 g/mol. The van der Waals surface area contributed by atoms with Gasteiger partial charge in [-0.25, -0.2) is 0 Å². The van der Waals surface area contributed by atoms with E-state index in [-0.39, 0.29) is 0 Å². The summed E-state index contributed by atoms with van der Waals surface area (Å²) in [6.45, 7) is 6.60. The van der Waals surface area contributed by atoms with E-state index in [1.807, 2.05) is 13.0 Å². The Bertz CT molecular complexity index is 179. The van der Waals surface area contributed by atoms with Crippen LogP contribution in [0.2, 0.25) is 0 Å². The molecule has 0 heterocycles. The lowest BCUT2D eigenvalue weighted by molar-refractivity contribution is 0.149. The fourth-order valence-electron chi connectivity index (χ4n) is 0.875. The van der Waals surface area contributed by atoms with Gasteiger partial charge in [-0.3, -0.25) is 0 Å². The Balaban J connectivity index is 3.49. The number of hydrogen-bond donors (Lipinski definition) is 0. The zero-order valence-electron chi connectivity index (χ0n) is 8.00. The van der Waals surface area contributed by atoms with Crippen molar-refractivity contribution in [3.8, 4) is 6.07 Å². The van der Waals surface area contributed by atoms with Crippen LogP contribution in [0.5, 0.6) is 0 Å². The van der Waals surface area contributed by atoms with Crippen LogP contribution in [0.1, 0.15) is 33.6 Å². The molecule has 68 valence electrons. The number of rotatable bonds is 5. The van der Waals surface area contributed by atoms with Gasteiger partial charge in [0.15, 0.2) is 0 Å². The molecule has 0 aliphatic heterocycles. The molecule has 0 bridgehead atoms. The number of oxime groups is 1. The maximum Gasteiger partial charge on any atom is 0.130 e. The second-order valence-electron chi connectivity index (χ2n) is 3.17. The van der Waals surface area contributed by atoms with Gasteiger partial charge in [-0.15, -0.1) is 0 Å². The van der Waals surface area contributed by atoms with Crippen molar-refractivity contribution >= 4 is 5.71 Å². The van der Waals surface area contributed by atoms with Gasteiger partial charge >= 0.3 is 0 Å². The quantitative estimate of drug-likeness (QED) is 0.359. The smallest absolute Gasteiger partial charge is 0.130 e. The highest BCUT2D eigenvalue weighted by Gasteiger charge is 1.96. The molecule has 0 saturated heterocycles. The van der Waals surface area contributed by atoms with Crippen LogP contribution in [0.25, 0.3) is 0 Å². The minimum absolute atomic E-state index is 0.395. The van der Waals surface area contributed by atoms with Crippen molar-refractivity contribution in [2.45, 2.75) is 33.6 Å². The zero-order chi connectivity index (χ0) is 9.40. The average Bonchev–Trinajstić information content (AvgIpc) is 1.97. The van der Waals surface area contributed by atoms with E-state index >= 15 is 0 Å². The molecule has 0 atom stereocenters. The third kappa shape index (κ3) is 7.07. The van der Waals surface area contributed by atoms with E-state index < -0.39 is 0 Å². The molecule has 0 aliphatic rings. The minimum Gasteiger partial charge on any atom is -0.395 e. The predicted molar refractivity (Wildman–Crippen MR) is 48.7 cm³/mol. The molecule has 0 aromatic heterocycles. The summed E-state index contributed by atoms with van der Waals surface area (Å²) >= 11 is 0. The van der Waals surface area contributed by atoms with E-state index in [4.69, 9.17) is 10.1 Å². The van der Waals surface area contributed by atoms with E-state index in [2.05, 4.69) is 19.0 Å². The monoisotopic (exact) mass is 168 g/mol. The van der Waals surface area contributed by atoms with Crippen molar-refractivity contribution in [2.75, 3.05) is 6.61 Å². The lowest BCUT2D eigenvalue weighted by Crippen LogP contribution is -1.99. The van der Waals surface area contributed by atoms with Crippen LogP contribution >= 0.6 is 0 Å². The minimum atomic E-state index is 0.395. The number of hydrogen-bond acceptors (Lipinski definition) is 3. The second-order valence-corrected chi connectivity index (χ2v) is 3.17. The van der Waals surface area contributed by atoms with Crippen molar-refractivity contribution in [1.82, 2.24) is 0 Å². The first-order valence-electron chi connectivity index (χ1n) is 4.19. The van der Waals surface area contributed by atoms with Gasteiger partial charge in [0.2, 0.25) is 0 Å². The molecule has 0 aromatic carbocycles. The molecule has 0 aliphatic carbocycles. The van der Waals surface area contributed by atoms with Gasteiger partial charge < -0.3 is 4.84 Å². The first-order chi connectivity index (χ1) is 5.66. The van der Waals surface area contributed by atoms with Gasteiger partial charge in [0.05, 0.1) is 18.2 Å². The molecule has 0 aromatic rings. The maximum absolute atomic E-state index is 8.20. The van der Waals surface area contributed by atoms with Gasteiger partial charge in [-0.05, 0) is 19.3 Å². The Hall–Kier alpha value is -1.04. The summed E-state index contributed by atoms with van der Waals surface area (Å²) in [5.74, 6) is 0.605. The van der Waals surface area contributed by atoms with Crippen LogP contribution in [-0.4, -0.2) is 12.3 Å². The summed E-state index contributed by atoms with van der Waals surface area (Å²) in [5.41, 5.74) is 0.989. The second kappa shape index (κ2) is 6.66. The van der Waals surface area contributed by atoms with E-state index in [0.29, 0.717) is 18.9 Å². The highest BCUT2D eigenvalue weighted by Crippen LogP contribution is 2.01. The topological polar surface area (TPSA) is 45.4 Å². The molecule has 0 N–H and O–H groups in total. The Labute approximate surface area is 74.0 Å². The molecule has 0 spiro atoms. The summed E-state index contributed by atoms with van der Waals surface area (Å²) in [5, 5.41) is 12.1. The van der Waals surface area contributed by atoms with Gasteiger partial charge in [-0.1, -0.05) is 19.0 Å². The molecular weight excluding hydrogens is 152 g/mol. The van der Waals surface area contributed by atoms with Crippen LogP contribution < -0.4 is 0 Å². The Morgan fingerprint density at radius 3 is 2.75 bits per heavy atom. The largest absolute Gasteiger partial charge is 0.395 e. The molecule has 0 rings (SSSR count). The normalized spacial score (nSPS) is 11.4. The first-order valence-corrected chi connectivity index (χ1v) is 4.19. The number of nitrogens with zero attached hydrogens (tertiary/aromatic N) is 2. The first kappa shape index (κ1) is 11.0. The van der Waals surface area contributed by atoms with Crippen molar-refractivity contribution in [3.63, 3.8) is 0 Å². The lowest BCUT2D eigenvalue weighted by Gasteiger charge is -2.02. The van der Waals surface area contributed by atoms with E-state index in [1.54, 1.807) is 0 Å². The SMILES string of the molecule is C/C(CC(C)C)=N\OCCC#N. The Morgan fingerprint density at radius 2 is 2.25 bits per heavy atom. The molecule has 0 fully saturated rings. The molecule has 0 saturated carbocycles. The fourth-order valence-corrected chi connectivity index (χ4v) is 0.875. The fraction of sp³-hybridized carbons (Fsp3) is 0.778. The summed E-state index contributed by atoms with van der Waals surface area (Å²) in [7, 11) is 0. The number of nitriles is 1. The van der Waals surface area contributed by atoms with Gasteiger partial charge in [0, 0.05) is 0 Å². The van der Waals surface area contributed by atoms with Crippen LogP contribution in [0.4, 0.5) is 0 Å². The zero-order valence-corrected chi connectivity index (χ0v) is 8.00. The molecular formula is C9H16N2O. The summed E-state index contributed by atoms with van der Waals surface area (Å²) in [6, 6.07) is 1.99. The molecule has 0 amide bonds. The van der Waals surface area contributed by atoms with Crippen molar-refractivity contribution in [3.05, 3.63) is 0 Å². The van der Waals surface area contributed by atoms with Gasteiger partial charge in [-0.2, -0.15) is 5.26 Å². The standard InChI is InChI=1S/C9H16N2O/c1-8(2)7-9(3)11-12-6-4-5-10/h8H,4,6-7H2,1-3H3/b11-9+. The van der Waals surface area contributed by atoms with Crippen LogP contribution in [-0.2, 0) is 4.84 Å². The van der Waals surface area contributed by atoms with E-state index in [9.17, 15) is 0 Å². The van der Waals surface area contributed by atoms with E-state index in [0.717, 1.165) is 12.1 Å². The van der Waals surface area contributed by atoms with E-state index in [1.165, 1.54) is 0 Å². The maximum atomic E-state index is 8.20. The Kier molecular flexibility index (Phi) is 6.08. The highest BCUT2D eigenvalue weighted by atomic mass is 16.6. The molecule has 0 unspecified atom stereocenters. The lowest BCUT2D eigenvalue weighted by atomic mass is 10.1. The van der Waals surface area contributed by atoms with Crippen molar-refractivity contribution < 1.29 is 4.84 Å². The predicted octanol–water partition coefficient (Wildman–Crippen LogP) is 2.34. The van der Waals surface area contributed by atoms with Crippen LogP contribution in [0, 0.1) is 17.2 Å². The Morgan fingerprint density at radius 1 is 1.58 bits per heavy atom. The highest BCUT2D eigenvalue weighted by molar-refractivity contribution is 5.81. The summed E-state index contributed by atoms with van der Waals surface area (Å²) in [4.78, 5) is 4.90. The molecule has 12 heavy (non-hydrogen) atoms. The summed E-state index contributed by atoms with van der Waals surface area (Å²) in [6.07, 6.45) is 1.35. The van der Waals surface area contributed by atoms with Crippen molar-refractivity contribution in [1.29, 1.82) is 5.26 Å². The van der Waals surface area contributed by atoms with Gasteiger partial charge in [0.25, 0.3) is 0 Å². The third-order valence-electron chi connectivity index (χ3n) is 1.23. The van der Waals surface area contributed by atoms with Gasteiger partial charge in [0.1, 0.15) is 6.61 Å². The van der Waals surface area contributed by atoms with Crippen LogP contribution in [0.15, 0.2) is 5.16 Å². The van der Waals surface area contributed by atoms with Crippen molar-refractivity contribution in [2.24, 2.45) is 11.1 Å².